The lowest BCUT2D eigenvalue weighted by atomic mass is 9.40. The van der Waals surface area contributed by atoms with E-state index in [1.54, 1.807) is 0 Å². The third kappa shape index (κ3) is 2.25. The van der Waals surface area contributed by atoms with Crippen LogP contribution in [0.5, 0.6) is 0 Å². The van der Waals surface area contributed by atoms with Gasteiger partial charge in [0.25, 0.3) is 0 Å². The Labute approximate surface area is 153 Å². The van der Waals surface area contributed by atoms with Crippen LogP contribution < -0.4 is 5.32 Å². The van der Waals surface area contributed by atoms with Gasteiger partial charge in [0.15, 0.2) is 0 Å². The van der Waals surface area contributed by atoms with Gasteiger partial charge >= 0.3 is 0 Å². The lowest BCUT2D eigenvalue weighted by Gasteiger charge is -2.64. The van der Waals surface area contributed by atoms with E-state index in [0.29, 0.717) is 29.6 Å². The van der Waals surface area contributed by atoms with Crippen LogP contribution in [0.3, 0.4) is 0 Å². The lowest BCUT2D eigenvalue weighted by molar-refractivity contribution is -0.150. The second-order valence-electron chi connectivity index (χ2n) is 10.3. The maximum atomic E-state index is 11.3. The molecule has 4 aliphatic carbocycles. The summed E-state index contributed by atoms with van der Waals surface area (Å²) in [6.45, 7) is 17.3. The fourth-order valence-corrected chi connectivity index (χ4v) is 8.07. The zero-order valence-corrected chi connectivity index (χ0v) is 16.3. The van der Waals surface area contributed by atoms with Crippen molar-refractivity contribution in [2.45, 2.75) is 77.3 Å². The first-order valence-electron chi connectivity index (χ1n) is 10.5. The number of rotatable bonds is 2. The highest BCUT2D eigenvalue weighted by Crippen LogP contribution is 2.65. The molecule has 4 aliphatic rings. The molecule has 1 N–H and O–H groups in total. The molecular formula is C22H34N2O. The van der Waals surface area contributed by atoms with Gasteiger partial charge < -0.3 is 10.2 Å². The number of nitrogens with one attached hydrogen (secondary N) is 1. The van der Waals surface area contributed by atoms with Crippen LogP contribution in [0.2, 0.25) is 0 Å². The first-order chi connectivity index (χ1) is 11.9. The van der Waals surface area contributed by atoms with Gasteiger partial charge in [0.2, 0.25) is 11.9 Å². The first-order valence-corrected chi connectivity index (χ1v) is 10.5. The molecule has 0 heterocycles. The molecule has 3 heteroatoms. The molecule has 0 spiro atoms. The largest absolute Gasteiger partial charge is 0.353 e. The minimum Gasteiger partial charge on any atom is -0.353 e. The summed E-state index contributed by atoms with van der Waals surface area (Å²) in [7, 11) is 0. The topological polar surface area (TPSA) is 33.5 Å². The van der Waals surface area contributed by atoms with E-state index in [1.165, 1.54) is 32.1 Å². The smallest absolute Gasteiger partial charge is 0.235 e. The van der Waals surface area contributed by atoms with Crippen molar-refractivity contribution in [3.05, 3.63) is 11.4 Å². The molecule has 4 fully saturated rings. The second kappa shape index (κ2) is 5.73. The minimum atomic E-state index is -0.177. The highest BCUT2D eigenvalue weighted by Gasteiger charge is 2.65. The average molecular weight is 343 g/mol. The third-order valence-electron chi connectivity index (χ3n) is 9.46. The van der Waals surface area contributed by atoms with Crippen LogP contribution in [0.25, 0.3) is 4.85 Å². The van der Waals surface area contributed by atoms with E-state index in [0.717, 1.165) is 30.6 Å². The quantitative estimate of drug-likeness (QED) is 0.580. The highest BCUT2D eigenvalue weighted by molar-refractivity contribution is 5.48. The van der Waals surface area contributed by atoms with E-state index in [-0.39, 0.29) is 11.1 Å². The molecule has 0 aliphatic heterocycles. The van der Waals surface area contributed by atoms with Crippen molar-refractivity contribution < 1.29 is 4.79 Å². The fourth-order valence-electron chi connectivity index (χ4n) is 8.07. The normalized spacial score (nSPS) is 57.1. The van der Waals surface area contributed by atoms with Crippen molar-refractivity contribution in [3.8, 4) is 0 Å². The Morgan fingerprint density at radius 3 is 2.48 bits per heavy atom. The van der Waals surface area contributed by atoms with Gasteiger partial charge in [-0.05, 0) is 81.0 Å². The van der Waals surface area contributed by atoms with Gasteiger partial charge in [-0.3, -0.25) is 4.79 Å². The zero-order valence-electron chi connectivity index (χ0n) is 16.3. The molecular weight excluding hydrogens is 308 g/mol. The van der Waals surface area contributed by atoms with Crippen LogP contribution in [-0.2, 0) is 4.79 Å². The van der Waals surface area contributed by atoms with Crippen molar-refractivity contribution in [2.75, 3.05) is 0 Å². The van der Waals surface area contributed by atoms with Gasteiger partial charge in [-0.25, -0.2) is 6.57 Å². The van der Waals surface area contributed by atoms with Gasteiger partial charge in [0, 0.05) is 24.3 Å². The van der Waals surface area contributed by atoms with E-state index >= 15 is 0 Å². The SMILES string of the molecule is [C-]#[N+][C@]1(C)C(C)C[C@@H]2C[C@H](C)[C@H]3CC[C@](C)(NC=O)[C@H]4CC[C@H]1[C@@H]2[C@H]34. The summed E-state index contributed by atoms with van der Waals surface area (Å²) in [5.74, 6) is 5.51. The number of nitrogens with zero attached hydrogens (tertiary/aromatic N) is 1. The predicted octanol–water partition coefficient (Wildman–Crippen LogP) is 4.53. The van der Waals surface area contributed by atoms with Crippen LogP contribution in [0.1, 0.15) is 66.2 Å². The minimum absolute atomic E-state index is 0.0347. The van der Waals surface area contributed by atoms with E-state index in [1.807, 2.05) is 0 Å². The second-order valence-corrected chi connectivity index (χ2v) is 10.3. The maximum absolute atomic E-state index is 11.3. The molecule has 0 bridgehead atoms. The van der Waals surface area contributed by atoms with Crippen molar-refractivity contribution in [1.82, 2.24) is 5.32 Å². The van der Waals surface area contributed by atoms with Crippen LogP contribution in [0.4, 0.5) is 0 Å². The highest BCUT2D eigenvalue weighted by atomic mass is 16.1. The molecule has 0 aromatic rings. The molecule has 0 radical (unpaired) electrons. The summed E-state index contributed by atoms with van der Waals surface area (Å²) in [5.41, 5.74) is -0.212. The Bertz CT molecular complexity index is 597. The molecule has 138 valence electrons. The predicted molar refractivity (Wildman–Crippen MR) is 99.6 cm³/mol. The van der Waals surface area contributed by atoms with Gasteiger partial charge in [0.05, 0.1) is 0 Å². The monoisotopic (exact) mass is 342 g/mol. The van der Waals surface area contributed by atoms with E-state index in [4.69, 9.17) is 6.57 Å². The summed E-state index contributed by atoms with van der Waals surface area (Å²) in [5, 5.41) is 3.23. The Kier molecular flexibility index (Phi) is 3.98. The molecule has 3 nitrogen and oxygen atoms in total. The number of hydrogen-bond donors (Lipinski definition) is 1. The number of hydrogen-bond acceptors (Lipinski definition) is 1. The third-order valence-corrected chi connectivity index (χ3v) is 9.46. The van der Waals surface area contributed by atoms with Gasteiger partial charge in [-0.1, -0.05) is 13.8 Å². The Balaban J connectivity index is 1.76. The number of carbonyl (C=O) groups is 1. The van der Waals surface area contributed by atoms with Crippen LogP contribution in [-0.4, -0.2) is 17.5 Å². The number of carbonyl (C=O) groups excluding carboxylic acids is 1. The van der Waals surface area contributed by atoms with Crippen molar-refractivity contribution >= 4 is 6.41 Å². The summed E-state index contributed by atoms with van der Waals surface area (Å²) in [4.78, 5) is 15.5. The molecule has 0 aromatic carbocycles. The number of amides is 1. The first kappa shape index (κ1) is 17.4. The molecule has 0 saturated heterocycles. The van der Waals surface area contributed by atoms with Crippen molar-refractivity contribution in [1.29, 1.82) is 0 Å². The summed E-state index contributed by atoms with van der Waals surface area (Å²) >= 11 is 0. The fraction of sp³-hybridized carbons (Fsp3) is 0.909. The Morgan fingerprint density at radius 1 is 1.08 bits per heavy atom. The summed E-state index contributed by atoms with van der Waals surface area (Å²) < 4.78 is 0. The van der Waals surface area contributed by atoms with Crippen LogP contribution >= 0.6 is 0 Å². The maximum Gasteiger partial charge on any atom is 0.235 e. The Hall–Kier alpha value is -1.04. The van der Waals surface area contributed by atoms with Gasteiger partial charge in [-0.2, -0.15) is 0 Å². The van der Waals surface area contributed by atoms with Crippen LogP contribution in [0, 0.1) is 53.9 Å². The van der Waals surface area contributed by atoms with Gasteiger partial charge in [-0.15, -0.1) is 0 Å². The van der Waals surface area contributed by atoms with E-state index < -0.39 is 0 Å². The molecule has 25 heavy (non-hydrogen) atoms. The molecule has 4 saturated carbocycles. The average Bonchev–Trinajstić information content (AvgIpc) is 2.58. The lowest BCUT2D eigenvalue weighted by Crippen LogP contribution is -2.65. The van der Waals surface area contributed by atoms with Crippen molar-refractivity contribution in [2.24, 2.45) is 47.3 Å². The molecule has 4 rings (SSSR count). The molecule has 1 amide bonds. The molecule has 1 unspecified atom stereocenters. The van der Waals surface area contributed by atoms with Crippen molar-refractivity contribution in [3.63, 3.8) is 0 Å². The zero-order chi connectivity index (χ0) is 18.0. The standard InChI is InChI=1S/C22H34N2O/c1-13-10-15-11-14(2)22(4,23-5)18-7-6-17-20(19(15)18)16(13)8-9-21(17,3)24-12-25/h12-20H,6-11H2,1-4H3,(H,24,25)/t13-,14?,15-,16+,17-,18-,19+,20+,21-,22+/m0/s1. The molecule has 10 atom stereocenters. The van der Waals surface area contributed by atoms with Crippen LogP contribution in [0.15, 0.2) is 0 Å². The summed E-state index contributed by atoms with van der Waals surface area (Å²) in [6.07, 6.45) is 8.28. The van der Waals surface area contributed by atoms with E-state index in [2.05, 4.69) is 37.9 Å². The van der Waals surface area contributed by atoms with Gasteiger partial charge in [0.1, 0.15) is 0 Å². The Morgan fingerprint density at radius 2 is 1.80 bits per heavy atom. The van der Waals surface area contributed by atoms with E-state index in [9.17, 15) is 4.79 Å². The molecule has 0 aromatic heterocycles. The summed E-state index contributed by atoms with van der Waals surface area (Å²) in [6, 6.07) is 0.